The van der Waals surface area contributed by atoms with Gasteiger partial charge in [-0.2, -0.15) is 0 Å². The van der Waals surface area contributed by atoms with E-state index in [1.807, 2.05) is 0 Å². The van der Waals surface area contributed by atoms with Crippen molar-refractivity contribution in [1.29, 1.82) is 0 Å². The first kappa shape index (κ1) is 12.8. The lowest BCUT2D eigenvalue weighted by atomic mass is 9.95. The molecule has 0 aromatic carbocycles. The number of piperidine rings is 1. The van der Waals surface area contributed by atoms with E-state index in [0.29, 0.717) is 6.04 Å². The summed E-state index contributed by atoms with van der Waals surface area (Å²) in [6.45, 7) is 2.19. The first-order valence-corrected chi connectivity index (χ1v) is 6.96. The fourth-order valence-electron chi connectivity index (χ4n) is 2.67. The molecule has 2 N–H and O–H groups in total. The normalized spacial score (nSPS) is 26.7. The molecule has 0 spiro atoms. The van der Waals surface area contributed by atoms with Gasteiger partial charge in [0.15, 0.2) is 0 Å². The fraction of sp³-hybridized carbons (Fsp3) is 0.923. The smallest absolute Gasteiger partial charge is 0.246 e. The first-order valence-electron chi connectivity index (χ1n) is 6.96. The highest BCUT2D eigenvalue weighted by Gasteiger charge is 2.18. The highest BCUT2D eigenvalue weighted by atomic mass is 16.5. The van der Waals surface area contributed by atoms with Crippen LogP contribution in [-0.4, -0.2) is 37.7 Å². The zero-order valence-corrected chi connectivity index (χ0v) is 10.5. The zero-order chi connectivity index (χ0) is 11.9. The van der Waals surface area contributed by atoms with E-state index < -0.39 is 0 Å². The molecular formula is C13H24N2O2. The van der Waals surface area contributed by atoms with Crippen molar-refractivity contribution >= 4 is 5.91 Å². The van der Waals surface area contributed by atoms with Crippen molar-refractivity contribution < 1.29 is 9.53 Å². The van der Waals surface area contributed by atoms with Crippen molar-refractivity contribution in [3.8, 4) is 0 Å². The number of hydrogen-bond acceptors (Lipinski definition) is 3. The Morgan fingerprint density at radius 2 is 2.00 bits per heavy atom. The van der Waals surface area contributed by atoms with Gasteiger partial charge in [-0.3, -0.25) is 4.79 Å². The third-order valence-electron chi connectivity index (χ3n) is 3.67. The Labute approximate surface area is 103 Å². The van der Waals surface area contributed by atoms with Crippen molar-refractivity contribution in [3.05, 3.63) is 0 Å². The second kappa shape index (κ2) is 6.97. The monoisotopic (exact) mass is 240 g/mol. The molecule has 0 unspecified atom stereocenters. The molecule has 2 aliphatic rings. The van der Waals surface area contributed by atoms with Gasteiger partial charge < -0.3 is 15.4 Å². The summed E-state index contributed by atoms with van der Waals surface area (Å²) in [6, 6.07) is 0.393. The zero-order valence-electron chi connectivity index (χ0n) is 10.5. The molecular weight excluding hydrogens is 216 g/mol. The van der Waals surface area contributed by atoms with E-state index in [2.05, 4.69) is 10.6 Å². The van der Waals surface area contributed by atoms with E-state index in [9.17, 15) is 4.79 Å². The number of ether oxygens (including phenoxy) is 1. The van der Waals surface area contributed by atoms with Crippen LogP contribution in [0.2, 0.25) is 0 Å². The van der Waals surface area contributed by atoms with Crippen molar-refractivity contribution in [1.82, 2.24) is 10.6 Å². The van der Waals surface area contributed by atoms with Gasteiger partial charge in [-0.25, -0.2) is 0 Å². The van der Waals surface area contributed by atoms with E-state index >= 15 is 0 Å². The summed E-state index contributed by atoms with van der Waals surface area (Å²) in [5.41, 5.74) is 0. The summed E-state index contributed by atoms with van der Waals surface area (Å²) in [4.78, 5) is 11.7. The summed E-state index contributed by atoms with van der Waals surface area (Å²) in [6.07, 6.45) is 8.53. The van der Waals surface area contributed by atoms with Gasteiger partial charge in [0, 0.05) is 12.6 Å². The number of carbonyl (C=O) groups is 1. The number of rotatable bonds is 4. The summed E-state index contributed by atoms with van der Waals surface area (Å²) in [7, 11) is 0. The molecule has 98 valence electrons. The number of amides is 1. The molecule has 1 atom stereocenters. The van der Waals surface area contributed by atoms with Crippen LogP contribution < -0.4 is 10.6 Å². The minimum Gasteiger partial charge on any atom is -0.367 e. The van der Waals surface area contributed by atoms with Gasteiger partial charge in [-0.1, -0.05) is 19.3 Å². The highest BCUT2D eigenvalue weighted by Crippen LogP contribution is 2.17. The maximum atomic E-state index is 11.7. The Morgan fingerprint density at radius 3 is 2.71 bits per heavy atom. The number of carbonyl (C=O) groups excluding carboxylic acids is 1. The van der Waals surface area contributed by atoms with Crippen molar-refractivity contribution in [2.24, 2.45) is 0 Å². The highest BCUT2D eigenvalue weighted by molar-refractivity contribution is 5.77. The van der Waals surface area contributed by atoms with Crippen LogP contribution in [0.3, 0.4) is 0 Å². The molecule has 17 heavy (non-hydrogen) atoms. The molecule has 0 radical (unpaired) electrons. The van der Waals surface area contributed by atoms with E-state index in [1.165, 1.54) is 19.3 Å². The Kier molecular flexibility index (Phi) is 5.26. The average molecular weight is 240 g/mol. The molecule has 1 saturated carbocycles. The standard InChI is InChI=1S/C13H24N2O2/c16-13(15-11-5-2-1-3-6-11)10-17-12-7-4-8-14-9-12/h11-12,14H,1-10H2,(H,15,16)/t12-/m0/s1. The van der Waals surface area contributed by atoms with E-state index in [4.69, 9.17) is 4.74 Å². The summed E-state index contributed by atoms with van der Waals surface area (Å²) in [5.74, 6) is 0.0578. The lowest BCUT2D eigenvalue weighted by Gasteiger charge is -2.25. The lowest BCUT2D eigenvalue weighted by molar-refractivity contribution is -0.129. The topological polar surface area (TPSA) is 50.4 Å². The van der Waals surface area contributed by atoms with Crippen LogP contribution in [0, 0.1) is 0 Å². The third kappa shape index (κ3) is 4.64. The minimum atomic E-state index is 0.0578. The van der Waals surface area contributed by atoms with Crippen LogP contribution in [0.4, 0.5) is 0 Å². The van der Waals surface area contributed by atoms with Gasteiger partial charge >= 0.3 is 0 Å². The molecule has 0 aromatic rings. The fourth-order valence-corrected chi connectivity index (χ4v) is 2.67. The molecule has 1 aliphatic carbocycles. The predicted molar refractivity (Wildman–Crippen MR) is 66.9 cm³/mol. The maximum Gasteiger partial charge on any atom is 0.246 e. The van der Waals surface area contributed by atoms with Crippen molar-refractivity contribution in [3.63, 3.8) is 0 Å². The SMILES string of the molecule is O=C(CO[C@H]1CCCNC1)NC1CCCCC1. The van der Waals surface area contributed by atoms with Crippen LogP contribution in [0.15, 0.2) is 0 Å². The van der Waals surface area contributed by atoms with Crippen LogP contribution in [0.5, 0.6) is 0 Å². The number of hydrogen-bond donors (Lipinski definition) is 2. The van der Waals surface area contributed by atoms with Gasteiger partial charge in [0.05, 0.1) is 6.10 Å². The molecule has 1 saturated heterocycles. The Bertz CT molecular complexity index is 234. The van der Waals surface area contributed by atoms with Gasteiger partial charge in [-0.15, -0.1) is 0 Å². The molecule has 4 nitrogen and oxygen atoms in total. The van der Waals surface area contributed by atoms with Crippen molar-refractivity contribution in [2.45, 2.75) is 57.1 Å². The number of nitrogens with one attached hydrogen (secondary N) is 2. The average Bonchev–Trinajstić information content (AvgIpc) is 2.39. The van der Waals surface area contributed by atoms with E-state index in [1.54, 1.807) is 0 Å². The first-order chi connectivity index (χ1) is 8.34. The molecule has 2 rings (SSSR count). The Morgan fingerprint density at radius 1 is 1.18 bits per heavy atom. The Hall–Kier alpha value is -0.610. The quantitative estimate of drug-likeness (QED) is 0.776. The van der Waals surface area contributed by atoms with Crippen molar-refractivity contribution in [2.75, 3.05) is 19.7 Å². The predicted octanol–water partition coefficient (Wildman–Crippen LogP) is 1.20. The summed E-state index contributed by atoms with van der Waals surface area (Å²) >= 11 is 0. The third-order valence-corrected chi connectivity index (χ3v) is 3.67. The molecule has 1 aliphatic heterocycles. The largest absolute Gasteiger partial charge is 0.367 e. The van der Waals surface area contributed by atoms with Gasteiger partial charge in [0.1, 0.15) is 6.61 Å². The summed E-state index contributed by atoms with van der Waals surface area (Å²) in [5, 5.41) is 6.36. The van der Waals surface area contributed by atoms with Crippen LogP contribution in [-0.2, 0) is 9.53 Å². The summed E-state index contributed by atoms with van der Waals surface area (Å²) < 4.78 is 5.61. The second-order valence-corrected chi connectivity index (χ2v) is 5.18. The molecule has 0 bridgehead atoms. The van der Waals surface area contributed by atoms with Crippen LogP contribution in [0.1, 0.15) is 44.9 Å². The van der Waals surface area contributed by atoms with Crippen LogP contribution in [0.25, 0.3) is 0 Å². The van der Waals surface area contributed by atoms with E-state index in [0.717, 1.165) is 38.8 Å². The molecule has 2 fully saturated rings. The molecule has 1 heterocycles. The van der Waals surface area contributed by atoms with Gasteiger partial charge in [0.25, 0.3) is 0 Å². The maximum absolute atomic E-state index is 11.7. The second-order valence-electron chi connectivity index (χ2n) is 5.18. The van der Waals surface area contributed by atoms with E-state index in [-0.39, 0.29) is 18.6 Å². The lowest BCUT2D eigenvalue weighted by Crippen LogP contribution is -2.41. The molecule has 1 amide bonds. The van der Waals surface area contributed by atoms with Gasteiger partial charge in [0.2, 0.25) is 5.91 Å². The Balaban J connectivity index is 1.59. The molecule has 0 aromatic heterocycles. The minimum absolute atomic E-state index is 0.0578. The van der Waals surface area contributed by atoms with Crippen LogP contribution >= 0.6 is 0 Å². The van der Waals surface area contributed by atoms with Gasteiger partial charge in [-0.05, 0) is 32.2 Å². The molecule has 4 heteroatoms.